The number of hydrogen-bond acceptors (Lipinski definition) is 3. The zero-order valence-corrected chi connectivity index (χ0v) is 13.3. The highest BCUT2D eigenvalue weighted by molar-refractivity contribution is 5.39. The molecule has 1 aromatic rings. The fourth-order valence-electron chi connectivity index (χ4n) is 3.21. The van der Waals surface area contributed by atoms with E-state index in [0.29, 0.717) is 0 Å². The Bertz CT molecular complexity index is 374. The Labute approximate surface area is 124 Å². The molecule has 3 nitrogen and oxygen atoms in total. The Kier molecular flexibility index (Phi) is 5.84. The van der Waals surface area contributed by atoms with Crippen molar-refractivity contribution >= 4 is 5.82 Å². The largest absolute Gasteiger partial charge is 0.357 e. The predicted octanol–water partition coefficient (Wildman–Crippen LogP) is 3.48. The molecule has 0 aromatic carbocycles. The van der Waals surface area contributed by atoms with Crippen molar-refractivity contribution in [1.29, 1.82) is 0 Å². The maximum absolute atomic E-state index is 4.54. The first-order valence-electron chi connectivity index (χ1n) is 8.24. The van der Waals surface area contributed by atoms with Gasteiger partial charge < -0.3 is 9.80 Å². The van der Waals surface area contributed by atoms with E-state index >= 15 is 0 Å². The quantitative estimate of drug-likeness (QED) is 0.823. The van der Waals surface area contributed by atoms with Gasteiger partial charge in [-0.05, 0) is 57.3 Å². The van der Waals surface area contributed by atoms with Crippen molar-refractivity contribution in [3.05, 3.63) is 23.9 Å². The minimum Gasteiger partial charge on any atom is -0.357 e. The van der Waals surface area contributed by atoms with Gasteiger partial charge in [0.25, 0.3) is 0 Å². The molecule has 0 spiro atoms. The zero-order valence-electron chi connectivity index (χ0n) is 13.3. The second kappa shape index (κ2) is 7.63. The summed E-state index contributed by atoms with van der Waals surface area (Å²) in [5.41, 5.74) is 1.24. The number of hydrogen-bond donors (Lipinski definition) is 0. The van der Waals surface area contributed by atoms with Crippen LogP contribution in [0.5, 0.6) is 0 Å². The summed E-state index contributed by atoms with van der Waals surface area (Å²) < 4.78 is 0. The molecular formula is C17H29N3. The van der Waals surface area contributed by atoms with Gasteiger partial charge >= 0.3 is 0 Å². The fourth-order valence-corrected chi connectivity index (χ4v) is 3.21. The van der Waals surface area contributed by atoms with Gasteiger partial charge in [-0.1, -0.05) is 19.9 Å². The van der Waals surface area contributed by atoms with Crippen LogP contribution in [0.2, 0.25) is 0 Å². The van der Waals surface area contributed by atoms with Crippen molar-refractivity contribution in [1.82, 2.24) is 9.88 Å². The molecule has 2 aliphatic rings. The predicted molar refractivity (Wildman–Crippen MR) is 86.4 cm³/mol. The number of pyridine rings is 1. The fraction of sp³-hybridized carbons (Fsp3) is 0.706. The number of aromatic nitrogens is 1. The van der Waals surface area contributed by atoms with Crippen LogP contribution in [0.25, 0.3) is 0 Å². The number of anilines is 1. The Balaban J connectivity index is 0.000000704. The highest BCUT2D eigenvalue weighted by atomic mass is 15.2. The van der Waals surface area contributed by atoms with Gasteiger partial charge in [0.2, 0.25) is 0 Å². The Hall–Kier alpha value is -1.09. The van der Waals surface area contributed by atoms with E-state index in [1.165, 1.54) is 44.3 Å². The lowest BCUT2D eigenvalue weighted by atomic mass is 10.0. The topological polar surface area (TPSA) is 19.4 Å². The third kappa shape index (κ3) is 3.72. The maximum atomic E-state index is 4.54. The van der Waals surface area contributed by atoms with E-state index in [-0.39, 0.29) is 0 Å². The lowest BCUT2D eigenvalue weighted by Crippen LogP contribution is -2.44. The standard InChI is InChI=1S/C15H23N3.C2H6/c1-13-4-5-15(16-12-13)18-10-6-14(7-11-18)17-8-2-3-9-17;1-2/h4-5,12,14H,2-3,6-11H2,1H3;1-2H3. The zero-order chi connectivity index (χ0) is 14.4. The molecule has 0 N–H and O–H groups in total. The van der Waals surface area contributed by atoms with Crippen LogP contribution in [0.3, 0.4) is 0 Å². The van der Waals surface area contributed by atoms with Gasteiger partial charge in [0.15, 0.2) is 0 Å². The summed E-state index contributed by atoms with van der Waals surface area (Å²) in [6, 6.07) is 5.15. The summed E-state index contributed by atoms with van der Waals surface area (Å²) in [5.74, 6) is 1.15. The first-order chi connectivity index (χ1) is 9.83. The van der Waals surface area contributed by atoms with Crippen molar-refractivity contribution in [3.63, 3.8) is 0 Å². The van der Waals surface area contributed by atoms with Gasteiger partial charge in [-0.15, -0.1) is 0 Å². The van der Waals surface area contributed by atoms with Crippen molar-refractivity contribution in [3.8, 4) is 0 Å². The number of likely N-dealkylation sites (tertiary alicyclic amines) is 1. The van der Waals surface area contributed by atoms with Crippen LogP contribution in [0.4, 0.5) is 5.82 Å². The van der Waals surface area contributed by atoms with Crippen molar-refractivity contribution in [2.75, 3.05) is 31.1 Å². The molecule has 2 saturated heterocycles. The molecule has 2 aliphatic heterocycles. The molecular weight excluding hydrogens is 246 g/mol. The van der Waals surface area contributed by atoms with Crippen LogP contribution < -0.4 is 4.90 Å². The monoisotopic (exact) mass is 275 g/mol. The Morgan fingerprint density at radius 1 is 1.00 bits per heavy atom. The summed E-state index contributed by atoms with van der Waals surface area (Å²) in [4.78, 5) is 9.67. The molecule has 0 bridgehead atoms. The summed E-state index contributed by atoms with van der Waals surface area (Å²) in [5, 5.41) is 0. The molecule has 3 heterocycles. The van der Waals surface area contributed by atoms with Gasteiger partial charge in [0, 0.05) is 25.3 Å². The van der Waals surface area contributed by atoms with Crippen LogP contribution in [-0.2, 0) is 0 Å². The molecule has 20 heavy (non-hydrogen) atoms. The molecule has 1 aromatic heterocycles. The first-order valence-corrected chi connectivity index (χ1v) is 8.24. The first kappa shape index (κ1) is 15.3. The number of aryl methyl sites for hydroxylation is 1. The third-order valence-corrected chi connectivity index (χ3v) is 4.34. The van der Waals surface area contributed by atoms with E-state index in [0.717, 1.165) is 24.9 Å². The maximum Gasteiger partial charge on any atom is 0.128 e. The SMILES string of the molecule is CC.Cc1ccc(N2CCC(N3CCCC3)CC2)nc1. The lowest BCUT2D eigenvalue weighted by Gasteiger charge is -2.37. The highest BCUT2D eigenvalue weighted by Crippen LogP contribution is 2.23. The van der Waals surface area contributed by atoms with E-state index < -0.39 is 0 Å². The van der Waals surface area contributed by atoms with Crippen LogP contribution in [0.15, 0.2) is 18.3 Å². The molecule has 112 valence electrons. The summed E-state index contributed by atoms with van der Waals surface area (Å²) in [6.45, 7) is 11.1. The highest BCUT2D eigenvalue weighted by Gasteiger charge is 2.26. The van der Waals surface area contributed by atoms with E-state index in [9.17, 15) is 0 Å². The molecule has 0 aliphatic carbocycles. The van der Waals surface area contributed by atoms with E-state index in [4.69, 9.17) is 0 Å². The smallest absolute Gasteiger partial charge is 0.128 e. The lowest BCUT2D eigenvalue weighted by molar-refractivity contribution is 0.207. The van der Waals surface area contributed by atoms with E-state index in [1.807, 2.05) is 20.0 Å². The van der Waals surface area contributed by atoms with Crippen LogP contribution >= 0.6 is 0 Å². The molecule has 0 saturated carbocycles. The van der Waals surface area contributed by atoms with Gasteiger partial charge in [0.05, 0.1) is 0 Å². The minimum atomic E-state index is 0.828. The molecule has 3 heteroatoms. The molecule has 0 unspecified atom stereocenters. The Morgan fingerprint density at radius 2 is 1.65 bits per heavy atom. The second-order valence-electron chi connectivity index (χ2n) is 5.66. The number of piperidine rings is 1. The van der Waals surface area contributed by atoms with Crippen LogP contribution in [-0.4, -0.2) is 42.1 Å². The van der Waals surface area contributed by atoms with Gasteiger partial charge in [-0.25, -0.2) is 4.98 Å². The number of nitrogens with zero attached hydrogens (tertiary/aromatic N) is 3. The molecule has 2 fully saturated rings. The van der Waals surface area contributed by atoms with Crippen molar-refractivity contribution < 1.29 is 0 Å². The molecule has 0 radical (unpaired) electrons. The van der Waals surface area contributed by atoms with Gasteiger partial charge in [0.1, 0.15) is 5.82 Å². The summed E-state index contributed by atoms with van der Waals surface area (Å²) in [6.07, 6.45) is 7.38. The van der Waals surface area contributed by atoms with Gasteiger partial charge in [-0.3, -0.25) is 0 Å². The van der Waals surface area contributed by atoms with Crippen LogP contribution in [0, 0.1) is 6.92 Å². The second-order valence-corrected chi connectivity index (χ2v) is 5.66. The van der Waals surface area contributed by atoms with Crippen molar-refractivity contribution in [2.45, 2.75) is 52.5 Å². The third-order valence-electron chi connectivity index (χ3n) is 4.34. The summed E-state index contributed by atoms with van der Waals surface area (Å²) in [7, 11) is 0. The summed E-state index contributed by atoms with van der Waals surface area (Å²) >= 11 is 0. The minimum absolute atomic E-state index is 0.828. The Morgan fingerprint density at radius 3 is 2.20 bits per heavy atom. The molecule has 0 amide bonds. The van der Waals surface area contributed by atoms with E-state index in [2.05, 4.69) is 33.8 Å². The normalized spacial score (nSPS) is 20.6. The average molecular weight is 275 g/mol. The van der Waals surface area contributed by atoms with Crippen molar-refractivity contribution in [2.24, 2.45) is 0 Å². The number of rotatable bonds is 2. The molecule has 3 rings (SSSR count). The van der Waals surface area contributed by atoms with Crippen LogP contribution in [0.1, 0.15) is 45.1 Å². The average Bonchev–Trinajstić information content (AvgIpc) is 3.05. The molecule has 0 atom stereocenters. The van der Waals surface area contributed by atoms with Gasteiger partial charge in [-0.2, -0.15) is 0 Å². The van der Waals surface area contributed by atoms with E-state index in [1.54, 1.807) is 0 Å².